The van der Waals surface area contributed by atoms with Gasteiger partial charge in [-0.05, 0) is 24.6 Å². The highest BCUT2D eigenvalue weighted by Crippen LogP contribution is 2.38. The lowest BCUT2D eigenvalue weighted by molar-refractivity contribution is -0.128. The van der Waals surface area contributed by atoms with Gasteiger partial charge in [-0.25, -0.2) is 4.79 Å². The third-order valence-electron chi connectivity index (χ3n) is 3.27. The van der Waals surface area contributed by atoms with E-state index in [-0.39, 0.29) is 17.3 Å². The van der Waals surface area contributed by atoms with E-state index >= 15 is 0 Å². The van der Waals surface area contributed by atoms with Gasteiger partial charge in [-0.15, -0.1) is 11.8 Å². The van der Waals surface area contributed by atoms with Gasteiger partial charge >= 0.3 is 5.97 Å². The van der Waals surface area contributed by atoms with Gasteiger partial charge in [-0.3, -0.25) is 4.79 Å². The van der Waals surface area contributed by atoms with Crippen molar-refractivity contribution in [1.29, 1.82) is 0 Å². The van der Waals surface area contributed by atoms with Crippen LogP contribution in [0.2, 0.25) is 0 Å². The van der Waals surface area contributed by atoms with Crippen LogP contribution in [0, 0.1) is 0 Å². The van der Waals surface area contributed by atoms with Crippen LogP contribution in [0.15, 0.2) is 24.3 Å². The minimum absolute atomic E-state index is 0.00958. The Balaban J connectivity index is 2.08. The van der Waals surface area contributed by atoms with E-state index in [4.69, 9.17) is 4.74 Å². The van der Waals surface area contributed by atoms with Gasteiger partial charge in [0.2, 0.25) is 5.91 Å². The maximum Gasteiger partial charge on any atom is 0.337 e. The Morgan fingerprint density at radius 1 is 1.38 bits per heavy atom. The number of amides is 1. The average molecular weight is 309 g/mol. The topological polar surface area (TPSA) is 55.8 Å². The van der Waals surface area contributed by atoms with Crippen LogP contribution >= 0.6 is 11.8 Å². The van der Waals surface area contributed by atoms with E-state index in [0.717, 1.165) is 5.56 Å². The van der Waals surface area contributed by atoms with Crippen molar-refractivity contribution in [3.63, 3.8) is 0 Å². The zero-order valence-corrected chi connectivity index (χ0v) is 13.0. The molecule has 2 rings (SSSR count). The Labute approximate surface area is 128 Å². The minimum Gasteiger partial charge on any atom is -0.465 e. The van der Waals surface area contributed by atoms with E-state index in [1.807, 2.05) is 24.0 Å². The van der Waals surface area contributed by atoms with Crippen LogP contribution in [0.5, 0.6) is 0 Å². The number of carbonyl (C=O) groups is 2. The first-order valence-corrected chi connectivity index (χ1v) is 7.89. The van der Waals surface area contributed by atoms with E-state index in [1.54, 1.807) is 23.9 Å². The molecule has 1 amide bonds. The fourth-order valence-corrected chi connectivity index (χ4v) is 3.40. The van der Waals surface area contributed by atoms with E-state index in [9.17, 15) is 9.59 Å². The van der Waals surface area contributed by atoms with Gasteiger partial charge in [0.25, 0.3) is 0 Å². The van der Waals surface area contributed by atoms with Gasteiger partial charge in [0, 0.05) is 13.2 Å². The van der Waals surface area contributed by atoms with Crippen LogP contribution in [-0.4, -0.2) is 49.4 Å². The third kappa shape index (κ3) is 3.77. The van der Waals surface area contributed by atoms with E-state index in [1.165, 1.54) is 7.11 Å². The van der Waals surface area contributed by atoms with Crippen LogP contribution < -0.4 is 0 Å². The van der Waals surface area contributed by atoms with Gasteiger partial charge < -0.3 is 14.4 Å². The number of esters is 1. The molecule has 1 aromatic carbocycles. The van der Waals surface area contributed by atoms with Crippen molar-refractivity contribution in [2.45, 2.75) is 12.3 Å². The molecule has 1 aliphatic rings. The molecule has 114 valence electrons. The Morgan fingerprint density at radius 3 is 2.71 bits per heavy atom. The number of methoxy groups -OCH3 is 1. The first-order valence-electron chi connectivity index (χ1n) is 6.84. The molecule has 5 nitrogen and oxygen atoms in total. The van der Waals surface area contributed by atoms with Crippen LogP contribution in [0.25, 0.3) is 0 Å². The molecule has 0 radical (unpaired) electrons. The first-order chi connectivity index (χ1) is 10.2. The highest BCUT2D eigenvalue weighted by Gasteiger charge is 2.32. The fourth-order valence-electron chi connectivity index (χ4n) is 2.18. The first kappa shape index (κ1) is 15.9. The standard InChI is InChI=1S/C15H19NO4S/c1-3-20-9-8-16-13(17)10-21-14(16)11-4-6-12(7-5-11)15(18)19-2/h4-7,14H,3,8-10H2,1-2H3. The second-order valence-corrected chi connectivity index (χ2v) is 5.63. The summed E-state index contributed by atoms with van der Waals surface area (Å²) in [4.78, 5) is 25.2. The predicted octanol–water partition coefficient (Wildman–Crippen LogP) is 2.08. The maximum absolute atomic E-state index is 11.9. The number of nitrogens with zero attached hydrogens (tertiary/aromatic N) is 1. The summed E-state index contributed by atoms with van der Waals surface area (Å²) >= 11 is 1.59. The monoisotopic (exact) mass is 309 g/mol. The number of rotatable bonds is 6. The zero-order valence-electron chi connectivity index (χ0n) is 12.2. The van der Waals surface area contributed by atoms with Crippen LogP contribution in [0.3, 0.4) is 0 Å². The molecule has 0 N–H and O–H groups in total. The Bertz CT molecular complexity index is 503. The number of thioether (sulfide) groups is 1. The van der Waals surface area contributed by atoms with E-state index in [0.29, 0.717) is 31.1 Å². The number of ether oxygens (including phenoxy) is 2. The number of benzene rings is 1. The second kappa shape index (κ2) is 7.47. The molecule has 0 spiro atoms. The van der Waals surface area contributed by atoms with Gasteiger partial charge in [-0.2, -0.15) is 0 Å². The summed E-state index contributed by atoms with van der Waals surface area (Å²) in [6.45, 7) is 3.71. The van der Waals surface area contributed by atoms with Crippen molar-refractivity contribution in [1.82, 2.24) is 4.90 Å². The van der Waals surface area contributed by atoms with Gasteiger partial charge in [0.05, 0.1) is 25.0 Å². The van der Waals surface area contributed by atoms with Crippen molar-refractivity contribution in [2.75, 3.05) is 32.6 Å². The predicted molar refractivity (Wildman–Crippen MR) is 81.2 cm³/mol. The van der Waals surface area contributed by atoms with Crippen molar-refractivity contribution in [3.05, 3.63) is 35.4 Å². The number of hydrogen-bond donors (Lipinski definition) is 0. The van der Waals surface area contributed by atoms with Crippen LogP contribution in [-0.2, 0) is 14.3 Å². The van der Waals surface area contributed by atoms with Gasteiger partial charge in [-0.1, -0.05) is 12.1 Å². The highest BCUT2D eigenvalue weighted by atomic mass is 32.2. The smallest absolute Gasteiger partial charge is 0.337 e. The molecule has 0 aliphatic carbocycles. The SMILES string of the molecule is CCOCCN1C(=O)CSC1c1ccc(C(=O)OC)cc1. The van der Waals surface area contributed by atoms with Gasteiger partial charge in [0.15, 0.2) is 0 Å². The maximum atomic E-state index is 11.9. The second-order valence-electron chi connectivity index (χ2n) is 4.56. The summed E-state index contributed by atoms with van der Waals surface area (Å²) in [5, 5.41) is -0.00958. The Kier molecular flexibility index (Phi) is 5.64. The molecular formula is C15H19NO4S. The van der Waals surface area contributed by atoms with Crippen molar-refractivity contribution >= 4 is 23.6 Å². The molecule has 1 aliphatic heterocycles. The average Bonchev–Trinajstić information content (AvgIpc) is 2.88. The Hall–Kier alpha value is -1.53. The molecule has 0 bridgehead atoms. The number of carbonyl (C=O) groups excluding carboxylic acids is 2. The molecule has 1 saturated heterocycles. The molecule has 6 heteroatoms. The molecule has 21 heavy (non-hydrogen) atoms. The zero-order chi connectivity index (χ0) is 15.2. The minimum atomic E-state index is -0.357. The summed E-state index contributed by atoms with van der Waals surface area (Å²) < 4.78 is 10.0. The van der Waals surface area contributed by atoms with E-state index < -0.39 is 0 Å². The summed E-state index contributed by atoms with van der Waals surface area (Å²) in [6.07, 6.45) is 0. The third-order valence-corrected chi connectivity index (χ3v) is 4.52. The molecule has 1 heterocycles. The Morgan fingerprint density at radius 2 is 2.10 bits per heavy atom. The van der Waals surface area contributed by atoms with Crippen molar-refractivity contribution in [2.24, 2.45) is 0 Å². The largest absolute Gasteiger partial charge is 0.465 e. The molecule has 1 aromatic rings. The van der Waals surface area contributed by atoms with Crippen LogP contribution in [0.4, 0.5) is 0 Å². The fraction of sp³-hybridized carbons (Fsp3) is 0.467. The molecule has 0 aromatic heterocycles. The summed E-state index contributed by atoms with van der Waals surface area (Å²) in [5.74, 6) is 0.252. The molecule has 0 saturated carbocycles. The van der Waals surface area contributed by atoms with Crippen molar-refractivity contribution in [3.8, 4) is 0 Å². The summed E-state index contributed by atoms with van der Waals surface area (Å²) in [6, 6.07) is 7.20. The lowest BCUT2D eigenvalue weighted by Crippen LogP contribution is -2.31. The van der Waals surface area contributed by atoms with Crippen molar-refractivity contribution < 1.29 is 19.1 Å². The summed E-state index contributed by atoms with van der Waals surface area (Å²) in [7, 11) is 1.36. The lowest BCUT2D eigenvalue weighted by Gasteiger charge is -2.24. The van der Waals surface area contributed by atoms with E-state index in [2.05, 4.69) is 4.74 Å². The van der Waals surface area contributed by atoms with Gasteiger partial charge in [0.1, 0.15) is 5.37 Å². The number of hydrogen-bond acceptors (Lipinski definition) is 5. The molecule has 1 unspecified atom stereocenters. The molecule has 1 atom stereocenters. The summed E-state index contributed by atoms with van der Waals surface area (Å²) in [5.41, 5.74) is 1.52. The molecular weight excluding hydrogens is 290 g/mol. The lowest BCUT2D eigenvalue weighted by atomic mass is 10.1. The highest BCUT2D eigenvalue weighted by molar-refractivity contribution is 8.00. The quantitative estimate of drug-likeness (QED) is 0.595. The molecule has 1 fully saturated rings. The normalized spacial score (nSPS) is 18.1. The van der Waals surface area contributed by atoms with Crippen LogP contribution in [0.1, 0.15) is 28.2 Å².